The Kier molecular flexibility index (Phi) is 5.79. The summed E-state index contributed by atoms with van der Waals surface area (Å²) in [5.41, 5.74) is 2.30. The Morgan fingerprint density at radius 2 is 1.91 bits per heavy atom. The first-order valence-electron chi connectivity index (χ1n) is 7.70. The first-order valence-corrected chi connectivity index (χ1v) is 9.43. The normalized spacial score (nSPS) is 13.4. The van der Waals surface area contributed by atoms with Crippen LogP contribution in [-0.2, 0) is 25.5 Å². The van der Waals surface area contributed by atoms with Crippen LogP contribution in [-0.4, -0.2) is 30.7 Å². The second-order valence-electron chi connectivity index (χ2n) is 5.69. The molecule has 2 aromatic rings. The molecule has 0 N–H and O–H groups in total. The van der Waals surface area contributed by atoms with Gasteiger partial charge >= 0.3 is 7.60 Å². The lowest BCUT2D eigenvalue weighted by Gasteiger charge is -2.16. The number of hydrogen-bond donors (Lipinski definition) is 0. The predicted octanol–water partition coefficient (Wildman–Crippen LogP) is 4.12. The molecular formula is C17H24NO4P. The Balaban J connectivity index is 2.23. The molecule has 0 saturated heterocycles. The number of benzene rings is 1. The minimum atomic E-state index is -3.29. The second kappa shape index (κ2) is 7.43. The van der Waals surface area contributed by atoms with Crippen LogP contribution in [0.15, 0.2) is 30.5 Å². The Labute approximate surface area is 137 Å². The van der Waals surface area contributed by atoms with Gasteiger partial charge in [-0.15, -0.1) is 0 Å². The van der Waals surface area contributed by atoms with Crippen molar-refractivity contribution in [3.8, 4) is 0 Å². The van der Waals surface area contributed by atoms with Crippen LogP contribution < -0.4 is 0 Å². The van der Waals surface area contributed by atoms with Crippen molar-refractivity contribution in [3.05, 3.63) is 36.0 Å². The summed E-state index contributed by atoms with van der Waals surface area (Å²) in [4.78, 5) is 12.3. The van der Waals surface area contributed by atoms with Gasteiger partial charge in [0, 0.05) is 44.8 Å². The van der Waals surface area contributed by atoms with Gasteiger partial charge in [0.25, 0.3) is 0 Å². The van der Waals surface area contributed by atoms with Crippen LogP contribution in [0.5, 0.6) is 0 Å². The topological polar surface area (TPSA) is 57.5 Å². The highest BCUT2D eigenvalue weighted by Gasteiger charge is 2.27. The summed E-state index contributed by atoms with van der Waals surface area (Å²) < 4.78 is 23.9. The smallest absolute Gasteiger partial charge is 0.337 e. The average Bonchev–Trinajstić information content (AvgIpc) is 2.90. The number of ketones is 1. The van der Waals surface area contributed by atoms with E-state index in [2.05, 4.69) is 29.8 Å². The van der Waals surface area contributed by atoms with Gasteiger partial charge in [0.05, 0.1) is 0 Å². The fourth-order valence-electron chi connectivity index (χ4n) is 2.93. The number of Topliss-reactive ketones (excluding diaryl/α,β-unsaturated/α-hetero) is 1. The predicted molar refractivity (Wildman–Crippen MR) is 92.1 cm³/mol. The van der Waals surface area contributed by atoms with Crippen molar-refractivity contribution in [3.63, 3.8) is 0 Å². The molecular weight excluding hydrogens is 313 g/mol. The van der Waals surface area contributed by atoms with Gasteiger partial charge in [0.1, 0.15) is 11.9 Å². The van der Waals surface area contributed by atoms with Crippen LogP contribution in [0, 0.1) is 0 Å². The van der Waals surface area contributed by atoms with Crippen molar-refractivity contribution in [2.24, 2.45) is 7.05 Å². The van der Waals surface area contributed by atoms with Crippen molar-refractivity contribution in [1.29, 1.82) is 0 Å². The number of hydrogen-bond acceptors (Lipinski definition) is 4. The van der Waals surface area contributed by atoms with Gasteiger partial charge in [-0.3, -0.25) is 9.36 Å². The van der Waals surface area contributed by atoms with Crippen LogP contribution in [0.1, 0.15) is 31.2 Å². The van der Waals surface area contributed by atoms with Gasteiger partial charge in [0.15, 0.2) is 0 Å². The molecule has 0 aliphatic rings. The molecule has 6 heteroatoms. The van der Waals surface area contributed by atoms with Gasteiger partial charge in [-0.25, -0.2) is 0 Å². The van der Waals surface area contributed by atoms with Crippen molar-refractivity contribution in [2.45, 2.75) is 25.7 Å². The molecule has 0 aliphatic heterocycles. The number of rotatable bonds is 8. The Morgan fingerprint density at radius 3 is 2.52 bits per heavy atom. The SMILES string of the molecule is CC[C@@H](CC(=O)CP(=O)(OC)OC)c1cn(C)c2ccccc12. The number of nitrogens with zero attached hydrogens (tertiary/aromatic N) is 1. The summed E-state index contributed by atoms with van der Waals surface area (Å²) in [6, 6.07) is 8.15. The zero-order valence-corrected chi connectivity index (χ0v) is 15.0. The largest absolute Gasteiger partial charge is 0.350 e. The van der Waals surface area contributed by atoms with Gasteiger partial charge in [-0.05, 0) is 24.0 Å². The van der Waals surface area contributed by atoms with Gasteiger partial charge in [-0.2, -0.15) is 0 Å². The lowest BCUT2D eigenvalue weighted by atomic mass is 9.91. The molecule has 0 bridgehead atoms. The molecule has 23 heavy (non-hydrogen) atoms. The van der Waals surface area contributed by atoms with E-state index in [1.165, 1.54) is 14.2 Å². The number of aromatic nitrogens is 1. The molecule has 0 saturated carbocycles. The molecule has 5 nitrogen and oxygen atoms in total. The summed E-state index contributed by atoms with van der Waals surface area (Å²) in [5.74, 6) is -0.00687. The molecule has 1 aromatic carbocycles. The monoisotopic (exact) mass is 337 g/mol. The van der Waals surface area contributed by atoms with E-state index in [0.717, 1.165) is 22.9 Å². The van der Waals surface area contributed by atoms with E-state index >= 15 is 0 Å². The molecule has 1 heterocycles. The molecule has 0 amide bonds. The zero-order chi connectivity index (χ0) is 17.0. The lowest BCUT2D eigenvalue weighted by Crippen LogP contribution is -2.12. The molecule has 0 unspecified atom stereocenters. The molecule has 0 spiro atoms. The Hall–Kier alpha value is -1.42. The summed E-state index contributed by atoms with van der Waals surface area (Å²) >= 11 is 0. The van der Waals surface area contributed by atoms with Crippen LogP contribution in [0.2, 0.25) is 0 Å². The second-order valence-corrected chi connectivity index (χ2v) is 7.96. The average molecular weight is 337 g/mol. The number of aryl methyl sites for hydroxylation is 1. The van der Waals surface area contributed by atoms with E-state index in [9.17, 15) is 9.36 Å². The third-order valence-corrected chi connectivity index (χ3v) is 6.11. The van der Waals surface area contributed by atoms with E-state index in [4.69, 9.17) is 9.05 Å². The maximum atomic E-state index is 12.3. The molecule has 1 aromatic heterocycles. The van der Waals surface area contributed by atoms with Crippen molar-refractivity contribution >= 4 is 24.3 Å². The van der Waals surface area contributed by atoms with E-state index in [-0.39, 0.29) is 17.9 Å². The zero-order valence-electron chi connectivity index (χ0n) is 14.1. The van der Waals surface area contributed by atoms with E-state index in [0.29, 0.717) is 6.42 Å². The fraction of sp³-hybridized carbons (Fsp3) is 0.471. The fourth-order valence-corrected chi connectivity index (χ4v) is 3.90. The minimum Gasteiger partial charge on any atom is -0.350 e. The summed E-state index contributed by atoms with van der Waals surface area (Å²) in [6.07, 6.45) is 3.07. The Bertz CT molecular complexity index is 729. The van der Waals surface area contributed by atoms with Crippen molar-refractivity contribution in [2.75, 3.05) is 20.4 Å². The summed E-state index contributed by atoms with van der Waals surface area (Å²) in [7, 11) is 1.32. The molecule has 1 atom stereocenters. The van der Waals surface area contributed by atoms with Gasteiger partial charge < -0.3 is 13.6 Å². The molecule has 126 valence electrons. The number of para-hydroxylation sites is 1. The van der Waals surface area contributed by atoms with Crippen molar-refractivity contribution < 1.29 is 18.4 Å². The molecule has 0 aliphatic carbocycles. The van der Waals surface area contributed by atoms with E-state index in [1.807, 2.05) is 19.2 Å². The maximum Gasteiger partial charge on any atom is 0.337 e. The first kappa shape index (κ1) is 17.9. The van der Waals surface area contributed by atoms with Crippen LogP contribution in [0.3, 0.4) is 0 Å². The number of carbonyl (C=O) groups excluding carboxylic acids is 1. The highest BCUT2D eigenvalue weighted by Crippen LogP contribution is 2.46. The summed E-state index contributed by atoms with van der Waals surface area (Å²) in [6.45, 7) is 2.06. The van der Waals surface area contributed by atoms with Gasteiger partial charge in [-0.1, -0.05) is 25.1 Å². The quantitative estimate of drug-likeness (QED) is 0.680. The summed E-state index contributed by atoms with van der Waals surface area (Å²) in [5, 5.41) is 1.16. The highest BCUT2D eigenvalue weighted by atomic mass is 31.2. The van der Waals surface area contributed by atoms with Crippen LogP contribution >= 0.6 is 7.60 Å². The first-order chi connectivity index (χ1) is 10.9. The standard InChI is InChI=1S/C17H24NO4P/c1-5-13(10-14(19)12-23(20,21-3)22-4)16-11-18(2)17-9-7-6-8-15(16)17/h6-9,11,13H,5,10,12H2,1-4H3/t13-/m0/s1. The van der Waals surface area contributed by atoms with E-state index < -0.39 is 7.60 Å². The maximum absolute atomic E-state index is 12.3. The molecule has 2 rings (SSSR count). The van der Waals surface area contributed by atoms with E-state index in [1.54, 1.807) is 0 Å². The Morgan fingerprint density at radius 1 is 1.26 bits per heavy atom. The number of fused-ring (bicyclic) bond motifs is 1. The molecule has 0 fully saturated rings. The number of carbonyl (C=O) groups is 1. The lowest BCUT2D eigenvalue weighted by molar-refractivity contribution is -0.117. The van der Waals surface area contributed by atoms with Gasteiger partial charge in [0.2, 0.25) is 0 Å². The highest BCUT2D eigenvalue weighted by molar-refractivity contribution is 7.54. The molecule has 0 radical (unpaired) electrons. The minimum absolute atomic E-state index is 0.0933. The van der Waals surface area contributed by atoms with Crippen molar-refractivity contribution in [1.82, 2.24) is 4.57 Å². The third kappa shape index (κ3) is 3.92. The van der Waals surface area contributed by atoms with Crippen LogP contribution in [0.25, 0.3) is 10.9 Å². The van der Waals surface area contributed by atoms with Crippen LogP contribution in [0.4, 0.5) is 0 Å². The third-order valence-electron chi connectivity index (χ3n) is 4.26.